The maximum atomic E-state index is 12.7. The summed E-state index contributed by atoms with van der Waals surface area (Å²) in [6, 6.07) is 7.02. The number of carbonyl (C=O) groups is 1. The van der Waals surface area contributed by atoms with Crippen LogP contribution in [0.1, 0.15) is 21.5 Å². The van der Waals surface area contributed by atoms with Gasteiger partial charge < -0.3 is 14.6 Å². The predicted octanol–water partition coefficient (Wildman–Crippen LogP) is 4.51. The number of aromatic carboxylic acids is 1. The lowest BCUT2D eigenvalue weighted by Crippen LogP contribution is -2.06. The second-order valence-corrected chi connectivity index (χ2v) is 4.75. The molecule has 2 rings (SSSR count). The monoisotopic (exact) mass is 326 g/mol. The predicted molar refractivity (Wildman–Crippen MR) is 76.2 cm³/mol. The standard InChI is InChI=1S/C16H13F3O4/c1-9-6-12(22-2)8-13(15(20)21)14(9)23-11-5-3-4-10(7-11)16(17,18)19/h3-8H,1-2H3,(H,20,21). The number of ether oxygens (including phenoxy) is 2. The van der Waals surface area contributed by atoms with Crippen molar-refractivity contribution in [3.63, 3.8) is 0 Å². The number of rotatable bonds is 4. The molecule has 4 nitrogen and oxygen atoms in total. The molecule has 2 aromatic rings. The molecule has 0 aromatic heterocycles. The zero-order valence-electron chi connectivity index (χ0n) is 12.3. The lowest BCUT2D eigenvalue weighted by molar-refractivity contribution is -0.137. The maximum absolute atomic E-state index is 12.7. The molecule has 0 fully saturated rings. The summed E-state index contributed by atoms with van der Waals surface area (Å²) < 4.78 is 48.6. The minimum atomic E-state index is -4.51. The molecule has 0 bridgehead atoms. The molecule has 23 heavy (non-hydrogen) atoms. The van der Waals surface area contributed by atoms with E-state index in [-0.39, 0.29) is 17.1 Å². The summed E-state index contributed by atoms with van der Waals surface area (Å²) in [6.07, 6.45) is -4.51. The van der Waals surface area contributed by atoms with Gasteiger partial charge >= 0.3 is 12.1 Å². The van der Waals surface area contributed by atoms with Gasteiger partial charge in [-0.15, -0.1) is 0 Å². The Bertz CT molecular complexity index is 739. The molecule has 0 unspecified atom stereocenters. The number of hydrogen-bond donors (Lipinski definition) is 1. The van der Waals surface area contributed by atoms with E-state index >= 15 is 0 Å². The van der Waals surface area contributed by atoms with Gasteiger partial charge in [-0.3, -0.25) is 0 Å². The van der Waals surface area contributed by atoms with Crippen molar-refractivity contribution in [3.8, 4) is 17.2 Å². The summed E-state index contributed by atoms with van der Waals surface area (Å²) in [5, 5.41) is 9.26. The average Bonchev–Trinajstić information content (AvgIpc) is 2.48. The van der Waals surface area contributed by atoms with Gasteiger partial charge in [0.1, 0.15) is 22.8 Å². The van der Waals surface area contributed by atoms with Crippen molar-refractivity contribution in [2.24, 2.45) is 0 Å². The number of alkyl halides is 3. The van der Waals surface area contributed by atoms with Gasteiger partial charge in [0, 0.05) is 0 Å². The molecule has 2 aromatic carbocycles. The van der Waals surface area contributed by atoms with E-state index in [1.807, 2.05) is 0 Å². The van der Waals surface area contributed by atoms with Crippen molar-refractivity contribution in [1.29, 1.82) is 0 Å². The quantitative estimate of drug-likeness (QED) is 0.898. The molecule has 0 amide bonds. The molecule has 0 atom stereocenters. The smallest absolute Gasteiger partial charge is 0.416 e. The van der Waals surface area contributed by atoms with Crippen LogP contribution in [0.5, 0.6) is 17.2 Å². The zero-order chi connectivity index (χ0) is 17.2. The molecular weight excluding hydrogens is 313 g/mol. The summed E-state index contributed by atoms with van der Waals surface area (Å²) in [5.74, 6) is -1.08. The average molecular weight is 326 g/mol. The minimum Gasteiger partial charge on any atom is -0.497 e. The van der Waals surface area contributed by atoms with E-state index in [1.54, 1.807) is 6.92 Å². The molecule has 0 aliphatic heterocycles. The first-order chi connectivity index (χ1) is 10.7. The fraction of sp³-hybridized carbons (Fsp3) is 0.188. The molecule has 0 saturated carbocycles. The molecule has 0 aliphatic rings. The topological polar surface area (TPSA) is 55.8 Å². The third-order valence-electron chi connectivity index (χ3n) is 3.10. The zero-order valence-corrected chi connectivity index (χ0v) is 12.3. The van der Waals surface area contributed by atoms with Crippen molar-refractivity contribution in [2.75, 3.05) is 7.11 Å². The third kappa shape index (κ3) is 3.74. The number of hydrogen-bond acceptors (Lipinski definition) is 3. The van der Waals surface area contributed by atoms with Gasteiger partial charge in [0.25, 0.3) is 0 Å². The van der Waals surface area contributed by atoms with E-state index in [0.717, 1.165) is 12.1 Å². The van der Waals surface area contributed by atoms with Crippen LogP contribution >= 0.6 is 0 Å². The van der Waals surface area contributed by atoms with Crippen LogP contribution in [0.4, 0.5) is 13.2 Å². The highest BCUT2D eigenvalue weighted by atomic mass is 19.4. The van der Waals surface area contributed by atoms with E-state index < -0.39 is 17.7 Å². The number of methoxy groups -OCH3 is 1. The number of aryl methyl sites for hydroxylation is 1. The Morgan fingerprint density at radius 2 is 1.83 bits per heavy atom. The summed E-state index contributed by atoms with van der Waals surface area (Å²) in [7, 11) is 1.38. The van der Waals surface area contributed by atoms with Crippen LogP contribution in [0.3, 0.4) is 0 Å². The van der Waals surface area contributed by atoms with Crippen LogP contribution in [-0.4, -0.2) is 18.2 Å². The summed E-state index contributed by atoms with van der Waals surface area (Å²) in [6.45, 7) is 1.58. The van der Waals surface area contributed by atoms with E-state index in [1.165, 1.54) is 31.4 Å². The van der Waals surface area contributed by atoms with Crippen LogP contribution in [0.25, 0.3) is 0 Å². The maximum Gasteiger partial charge on any atom is 0.416 e. The first-order valence-corrected chi connectivity index (χ1v) is 6.49. The highest BCUT2D eigenvalue weighted by Crippen LogP contribution is 2.36. The van der Waals surface area contributed by atoms with Gasteiger partial charge in [0.05, 0.1) is 12.7 Å². The Balaban J connectivity index is 2.46. The number of carboxylic acid groups (broad SMARTS) is 1. The van der Waals surface area contributed by atoms with Gasteiger partial charge in [-0.1, -0.05) is 6.07 Å². The summed E-state index contributed by atoms with van der Waals surface area (Å²) in [4.78, 5) is 11.3. The molecule has 122 valence electrons. The van der Waals surface area contributed by atoms with Crippen molar-refractivity contribution in [2.45, 2.75) is 13.1 Å². The first-order valence-electron chi connectivity index (χ1n) is 6.49. The molecule has 0 saturated heterocycles. The lowest BCUT2D eigenvalue weighted by Gasteiger charge is -2.14. The highest BCUT2D eigenvalue weighted by molar-refractivity contribution is 5.92. The molecule has 1 N–H and O–H groups in total. The molecule has 0 heterocycles. The molecule has 0 radical (unpaired) electrons. The van der Waals surface area contributed by atoms with E-state index in [9.17, 15) is 23.1 Å². The van der Waals surface area contributed by atoms with Crippen LogP contribution in [-0.2, 0) is 6.18 Å². The van der Waals surface area contributed by atoms with Gasteiger partial charge in [-0.2, -0.15) is 13.2 Å². The van der Waals surface area contributed by atoms with Crippen LogP contribution in [0.15, 0.2) is 36.4 Å². The lowest BCUT2D eigenvalue weighted by atomic mass is 10.1. The SMILES string of the molecule is COc1cc(C)c(Oc2cccc(C(F)(F)F)c2)c(C(=O)O)c1. The number of carboxylic acids is 1. The Labute approximate surface area is 130 Å². The summed E-state index contributed by atoms with van der Waals surface area (Å²) in [5.41, 5.74) is -0.642. The van der Waals surface area contributed by atoms with Crippen molar-refractivity contribution < 1.29 is 32.5 Å². The third-order valence-corrected chi connectivity index (χ3v) is 3.10. The van der Waals surface area contributed by atoms with Crippen LogP contribution in [0, 0.1) is 6.92 Å². The van der Waals surface area contributed by atoms with Crippen LogP contribution in [0.2, 0.25) is 0 Å². The van der Waals surface area contributed by atoms with Crippen molar-refractivity contribution >= 4 is 5.97 Å². The largest absolute Gasteiger partial charge is 0.497 e. The number of halogens is 3. The van der Waals surface area contributed by atoms with Crippen molar-refractivity contribution in [3.05, 3.63) is 53.1 Å². The Kier molecular flexibility index (Phi) is 4.49. The fourth-order valence-corrected chi connectivity index (χ4v) is 2.01. The van der Waals surface area contributed by atoms with Gasteiger partial charge in [0.15, 0.2) is 0 Å². The molecular formula is C16H13F3O4. The molecule has 0 spiro atoms. The number of benzene rings is 2. The second-order valence-electron chi connectivity index (χ2n) is 4.75. The fourth-order valence-electron chi connectivity index (χ4n) is 2.01. The molecule has 0 aliphatic carbocycles. The molecule has 7 heteroatoms. The van der Waals surface area contributed by atoms with E-state index in [2.05, 4.69) is 0 Å². The minimum absolute atomic E-state index is 0.0300. The Morgan fingerprint density at radius 1 is 1.13 bits per heavy atom. The Morgan fingerprint density at radius 3 is 2.39 bits per heavy atom. The highest BCUT2D eigenvalue weighted by Gasteiger charge is 2.30. The van der Waals surface area contributed by atoms with Gasteiger partial charge in [0.2, 0.25) is 0 Å². The second kappa shape index (κ2) is 6.20. The van der Waals surface area contributed by atoms with E-state index in [0.29, 0.717) is 11.3 Å². The van der Waals surface area contributed by atoms with E-state index in [4.69, 9.17) is 9.47 Å². The Hall–Kier alpha value is -2.70. The van der Waals surface area contributed by atoms with Gasteiger partial charge in [-0.25, -0.2) is 4.79 Å². The van der Waals surface area contributed by atoms with Gasteiger partial charge in [-0.05, 0) is 42.8 Å². The normalized spacial score (nSPS) is 11.2. The van der Waals surface area contributed by atoms with Crippen LogP contribution < -0.4 is 9.47 Å². The first kappa shape index (κ1) is 16.7. The summed E-state index contributed by atoms with van der Waals surface area (Å²) >= 11 is 0. The van der Waals surface area contributed by atoms with Crippen molar-refractivity contribution in [1.82, 2.24) is 0 Å².